The highest BCUT2D eigenvalue weighted by atomic mass is 16.5. The molecule has 0 bridgehead atoms. The van der Waals surface area contributed by atoms with Crippen LogP contribution in [0.5, 0.6) is 11.5 Å². The first-order valence-electron chi connectivity index (χ1n) is 8.36. The molecule has 2 aromatic heterocycles. The van der Waals surface area contributed by atoms with E-state index >= 15 is 0 Å². The minimum absolute atomic E-state index is 0.208. The lowest BCUT2D eigenvalue weighted by atomic mass is 10.1. The number of methoxy groups -OCH3 is 2. The average Bonchev–Trinajstić information content (AvgIpc) is 2.73. The number of carbonyl (C=O) groups excluding carboxylic acids is 1. The third-order valence-corrected chi connectivity index (χ3v) is 4.14. The Balaban J connectivity index is 1.71. The molecule has 0 aliphatic carbocycles. The van der Waals surface area contributed by atoms with E-state index in [0.717, 1.165) is 11.1 Å². The molecule has 1 N–H and O–H groups in total. The third-order valence-electron chi connectivity index (χ3n) is 4.14. The molecule has 2 heterocycles. The van der Waals surface area contributed by atoms with Crippen LogP contribution in [-0.4, -0.2) is 35.1 Å². The van der Waals surface area contributed by atoms with Gasteiger partial charge in [0.05, 0.1) is 31.5 Å². The van der Waals surface area contributed by atoms with Crippen LogP contribution in [0.2, 0.25) is 0 Å². The van der Waals surface area contributed by atoms with Gasteiger partial charge >= 0.3 is 0 Å². The zero-order chi connectivity index (χ0) is 19.2. The molecule has 0 radical (unpaired) electrons. The van der Waals surface area contributed by atoms with Crippen molar-refractivity contribution in [3.05, 3.63) is 66.4 Å². The second kappa shape index (κ2) is 8.27. The fourth-order valence-corrected chi connectivity index (χ4v) is 2.62. The van der Waals surface area contributed by atoms with E-state index in [4.69, 9.17) is 9.47 Å². The third kappa shape index (κ3) is 4.20. The molecule has 7 nitrogen and oxygen atoms in total. The van der Waals surface area contributed by atoms with Crippen LogP contribution in [0.15, 0.2) is 55.2 Å². The Morgan fingerprint density at radius 3 is 2.37 bits per heavy atom. The van der Waals surface area contributed by atoms with Crippen molar-refractivity contribution in [1.82, 2.24) is 20.3 Å². The van der Waals surface area contributed by atoms with E-state index < -0.39 is 0 Å². The quantitative estimate of drug-likeness (QED) is 0.723. The molecule has 1 atom stereocenters. The van der Waals surface area contributed by atoms with Crippen molar-refractivity contribution in [2.24, 2.45) is 0 Å². The SMILES string of the molecule is COc1ccc([C@H](C)NC(=O)c2ccc(-c3cncnc3)nc2)cc1OC. The number of hydrogen-bond donors (Lipinski definition) is 1. The maximum atomic E-state index is 12.5. The van der Waals surface area contributed by atoms with Gasteiger partial charge in [0.2, 0.25) is 0 Å². The summed E-state index contributed by atoms with van der Waals surface area (Å²) >= 11 is 0. The topological polar surface area (TPSA) is 86.2 Å². The number of ether oxygens (including phenoxy) is 2. The summed E-state index contributed by atoms with van der Waals surface area (Å²) in [6.45, 7) is 1.91. The molecule has 138 valence electrons. The van der Waals surface area contributed by atoms with Crippen LogP contribution in [0.3, 0.4) is 0 Å². The van der Waals surface area contributed by atoms with Crippen LogP contribution >= 0.6 is 0 Å². The molecule has 3 rings (SSSR count). The van der Waals surface area contributed by atoms with Gasteiger partial charge in [-0.3, -0.25) is 9.78 Å². The fourth-order valence-electron chi connectivity index (χ4n) is 2.62. The Hall–Kier alpha value is -3.48. The lowest BCUT2D eigenvalue weighted by molar-refractivity contribution is 0.0939. The van der Waals surface area contributed by atoms with Crippen molar-refractivity contribution in [3.8, 4) is 22.8 Å². The predicted molar refractivity (Wildman–Crippen MR) is 101 cm³/mol. The second-order valence-corrected chi connectivity index (χ2v) is 5.87. The molecule has 3 aromatic rings. The summed E-state index contributed by atoms with van der Waals surface area (Å²) in [7, 11) is 3.16. The Morgan fingerprint density at radius 2 is 1.74 bits per heavy atom. The fraction of sp³-hybridized carbons (Fsp3) is 0.200. The summed E-state index contributed by atoms with van der Waals surface area (Å²) in [5.41, 5.74) is 2.89. The van der Waals surface area contributed by atoms with Crippen LogP contribution in [0.1, 0.15) is 28.9 Å². The Bertz CT molecular complexity index is 914. The van der Waals surface area contributed by atoms with Gasteiger partial charge in [-0.25, -0.2) is 9.97 Å². The molecular weight excluding hydrogens is 344 g/mol. The minimum atomic E-state index is -0.209. The highest BCUT2D eigenvalue weighted by Crippen LogP contribution is 2.30. The summed E-state index contributed by atoms with van der Waals surface area (Å²) in [6.07, 6.45) is 6.35. The average molecular weight is 364 g/mol. The zero-order valence-electron chi connectivity index (χ0n) is 15.3. The number of nitrogens with zero attached hydrogens (tertiary/aromatic N) is 3. The molecule has 0 aliphatic rings. The number of amides is 1. The molecule has 1 aromatic carbocycles. The van der Waals surface area contributed by atoms with Gasteiger partial charge in [-0.05, 0) is 36.8 Å². The summed E-state index contributed by atoms with van der Waals surface area (Å²) < 4.78 is 10.6. The Kier molecular flexibility index (Phi) is 5.61. The van der Waals surface area contributed by atoms with Gasteiger partial charge in [-0.2, -0.15) is 0 Å². The Labute approximate surface area is 157 Å². The van der Waals surface area contributed by atoms with E-state index in [-0.39, 0.29) is 11.9 Å². The van der Waals surface area contributed by atoms with Crippen LogP contribution in [0.4, 0.5) is 0 Å². The lowest BCUT2D eigenvalue weighted by Gasteiger charge is -2.16. The summed E-state index contributed by atoms with van der Waals surface area (Å²) in [5, 5.41) is 2.96. The van der Waals surface area contributed by atoms with E-state index in [1.807, 2.05) is 25.1 Å². The van der Waals surface area contributed by atoms with Gasteiger partial charge in [0.15, 0.2) is 11.5 Å². The van der Waals surface area contributed by atoms with Gasteiger partial charge in [0.1, 0.15) is 6.33 Å². The highest BCUT2D eigenvalue weighted by molar-refractivity contribution is 5.94. The van der Waals surface area contributed by atoms with Gasteiger partial charge in [-0.15, -0.1) is 0 Å². The van der Waals surface area contributed by atoms with Crippen LogP contribution < -0.4 is 14.8 Å². The number of hydrogen-bond acceptors (Lipinski definition) is 6. The van der Waals surface area contributed by atoms with E-state index in [9.17, 15) is 4.79 Å². The lowest BCUT2D eigenvalue weighted by Crippen LogP contribution is -2.26. The molecule has 1 amide bonds. The minimum Gasteiger partial charge on any atom is -0.493 e. The van der Waals surface area contributed by atoms with Crippen molar-refractivity contribution in [3.63, 3.8) is 0 Å². The second-order valence-electron chi connectivity index (χ2n) is 5.87. The summed E-state index contributed by atoms with van der Waals surface area (Å²) in [5.74, 6) is 1.05. The van der Waals surface area contributed by atoms with Crippen molar-refractivity contribution < 1.29 is 14.3 Å². The van der Waals surface area contributed by atoms with Crippen LogP contribution in [0.25, 0.3) is 11.3 Å². The number of rotatable bonds is 6. The first-order chi connectivity index (χ1) is 13.1. The van der Waals surface area contributed by atoms with Gasteiger partial charge < -0.3 is 14.8 Å². The largest absolute Gasteiger partial charge is 0.493 e. The first-order valence-corrected chi connectivity index (χ1v) is 8.36. The number of nitrogens with one attached hydrogen (secondary N) is 1. The van der Waals surface area contributed by atoms with Crippen molar-refractivity contribution in [2.45, 2.75) is 13.0 Å². The zero-order valence-corrected chi connectivity index (χ0v) is 15.3. The Morgan fingerprint density at radius 1 is 1.00 bits per heavy atom. The molecular formula is C20H20N4O3. The number of pyridine rings is 1. The normalized spacial score (nSPS) is 11.5. The van der Waals surface area contributed by atoms with Crippen molar-refractivity contribution >= 4 is 5.91 Å². The predicted octanol–water partition coefficient (Wildman–Crippen LogP) is 3.05. The maximum absolute atomic E-state index is 12.5. The van der Waals surface area contributed by atoms with Gasteiger partial charge in [0, 0.05) is 24.2 Å². The number of benzene rings is 1. The highest BCUT2D eigenvalue weighted by Gasteiger charge is 2.14. The van der Waals surface area contributed by atoms with Crippen molar-refractivity contribution in [2.75, 3.05) is 14.2 Å². The molecule has 0 saturated heterocycles. The molecule has 0 aliphatic heterocycles. The van der Waals surface area contributed by atoms with Crippen LogP contribution in [0, 0.1) is 0 Å². The standard InChI is InChI=1S/C20H20N4O3/c1-13(14-5-7-18(26-2)19(8-14)27-3)24-20(25)15-4-6-17(23-11-15)16-9-21-12-22-10-16/h4-13H,1-3H3,(H,24,25)/t13-/m0/s1. The van der Waals surface area contributed by atoms with E-state index in [0.29, 0.717) is 22.8 Å². The summed E-state index contributed by atoms with van der Waals surface area (Å²) in [4.78, 5) is 24.8. The van der Waals surface area contributed by atoms with E-state index in [2.05, 4.69) is 20.3 Å². The van der Waals surface area contributed by atoms with Crippen molar-refractivity contribution in [1.29, 1.82) is 0 Å². The number of aromatic nitrogens is 3. The molecule has 0 fully saturated rings. The smallest absolute Gasteiger partial charge is 0.253 e. The summed E-state index contributed by atoms with van der Waals surface area (Å²) in [6, 6.07) is 8.85. The van der Waals surface area contributed by atoms with Gasteiger partial charge in [-0.1, -0.05) is 6.07 Å². The van der Waals surface area contributed by atoms with E-state index in [1.165, 1.54) is 6.33 Å². The monoisotopic (exact) mass is 364 g/mol. The molecule has 0 unspecified atom stereocenters. The van der Waals surface area contributed by atoms with Crippen LogP contribution in [-0.2, 0) is 0 Å². The van der Waals surface area contributed by atoms with Gasteiger partial charge in [0.25, 0.3) is 5.91 Å². The molecule has 7 heteroatoms. The molecule has 27 heavy (non-hydrogen) atoms. The first kappa shape index (κ1) is 18.3. The molecule has 0 spiro atoms. The van der Waals surface area contributed by atoms with E-state index in [1.54, 1.807) is 44.9 Å². The number of carbonyl (C=O) groups is 1. The molecule has 0 saturated carbocycles. The maximum Gasteiger partial charge on any atom is 0.253 e.